The van der Waals surface area contributed by atoms with Gasteiger partial charge in [0.05, 0.1) is 0 Å². The van der Waals surface area contributed by atoms with Gasteiger partial charge >= 0.3 is 7.12 Å². The average Bonchev–Trinajstić information content (AvgIpc) is 2.78. The monoisotopic (exact) mass is 247 g/mol. The SMILES string of the molecule is CCCC1CCN(Cc2ccc(B(O)O)cc2)C1. The van der Waals surface area contributed by atoms with Crippen molar-refractivity contribution in [2.45, 2.75) is 32.7 Å². The fourth-order valence-electron chi connectivity index (χ4n) is 2.75. The average molecular weight is 247 g/mol. The van der Waals surface area contributed by atoms with Crippen LogP contribution in [0.2, 0.25) is 0 Å². The zero-order valence-electron chi connectivity index (χ0n) is 11.0. The summed E-state index contributed by atoms with van der Waals surface area (Å²) < 4.78 is 0. The highest BCUT2D eigenvalue weighted by atomic mass is 16.4. The highest BCUT2D eigenvalue weighted by Gasteiger charge is 2.21. The Hall–Kier alpha value is -0.835. The molecular formula is C14H22BNO2. The van der Waals surface area contributed by atoms with Crippen LogP contribution in [0.5, 0.6) is 0 Å². The molecule has 0 radical (unpaired) electrons. The van der Waals surface area contributed by atoms with Crippen LogP contribution in [0.3, 0.4) is 0 Å². The smallest absolute Gasteiger partial charge is 0.423 e. The Labute approximate surface area is 110 Å². The molecule has 3 nitrogen and oxygen atoms in total. The van der Waals surface area contributed by atoms with Crippen molar-refractivity contribution in [3.8, 4) is 0 Å². The molecule has 1 fully saturated rings. The molecule has 1 heterocycles. The van der Waals surface area contributed by atoms with E-state index in [-0.39, 0.29) is 0 Å². The fraction of sp³-hybridized carbons (Fsp3) is 0.571. The summed E-state index contributed by atoms with van der Waals surface area (Å²) >= 11 is 0. The van der Waals surface area contributed by atoms with Gasteiger partial charge < -0.3 is 10.0 Å². The molecule has 1 aliphatic rings. The van der Waals surface area contributed by atoms with Crippen molar-refractivity contribution >= 4 is 12.6 Å². The van der Waals surface area contributed by atoms with Gasteiger partial charge in [-0.25, -0.2) is 0 Å². The van der Waals surface area contributed by atoms with E-state index in [4.69, 9.17) is 10.0 Å². The van der Waals surface area contributed by atoms with Crippen molar-refractivity contribution in [2.75, 3.05) is 13.1 Å². The Kier molecular flexibility index (Phi) is 4.81. The molecule has 0 bridgehead atoms. The molecule has 4 heteroatoms. The second-order valence-electron chi connectivity index (χ2n) is 5.29. The molecule has 1 atom stereocenters. The van der Waals surface area contributed by atoms with Crippen LogP contribution in [-0.4, -0.2) is 35.2 Å². The largest absolute Gasteiger partial charge is 0.488 e. The van der Waals surface area contributed by atoms with Crippen LogP contribution in [-0.2, 0) is 6.54 Å². The summed E-state index contributed by atoms with van der Waals surface area (Å²) in [6.07, 6.45) is 3.94. The number of benzene rings is 1. The first kappa shape index (κ1) is 13.6. The number of nitrogens with zero attached hydrogens (tertiary/aromatic N) is 1. The molecule has 2 rings (SSSR count). The van der Waals surface area contributed by atoms with Gasteiger partial charge in [0.2, 0.25) is 0 Å². The Morgan fingerprint density at radius 3 is 2.61 bits per heavy atom. The maximum Gasteiger partial charge on any atom is 0.488 e. The van der Waals surface area contributed by atoms with Gasteiger partial charge in [0, 0.05) is 13.1 Å². The van der Waals surface area contributed by atoms with Gasteiger partial charge in [0.1, 0.15) is 0 Å². The van der Waals surface area contributed by atoms with E-state index in [1.807, 2.05) is 12.1 Å². The van der Waals surface area contributed by atoms with E-state index in [1.54, 1.807) is 12.1 Å². The Balaban J connectivity index is 1.86. The first-order valence-corrected chi connectivity index (χ1v) is 6.86. The number of hydrogen-bond donors (Lipinski definition) is 2. The summed E-state index contributed by atoms with van der Waals surface area (Å²) in [4.78, 5) is 2.49. The third-order valence-electron chi connectivity index (χ3n) is 3.75. The number of hydrogen-bond acceptors (Lipinski definition) is 3. The van der Waals surface area contributed by atoms with Crippen molar-refractivity contribution < 1.29 is 10.0 Å². The molecular weight excluding hydrogens is 225 g/mol. The normalized spacial score (nSPS) is 20.3. The van der Waals surface area contributed by atoms with Crippen LogP contribution >= 0.6 is 0 Å². The molecule has 18 heavy (non-hydrogen) atoms. The first-order valence-electron chi connectivity index (χ1n) is 6.86. The summed E-state index contributed by atoms with van der Waals surface area (Å²) in [6.45, 7) is 5.62. The Morgan fingerprint density at radius 2 is 2.00 bits per heavy atom. The minimum absolute atomic E-state index is 0.559. The summed E-state index contributed by atoms with van der Waals surface area (Å²) in [7, 11) is -1.36. The maximum absolute atomic E-state index is 9.04. The molecule has 0 aliphatic carbocycles. The topological polar surface area (TPSA) is 43.7 Å². The van der Waals surface area contributed by atoms with Crippen LogP contribution in [0.25, 0.3) is 0 Å². The van der Waals surface area contributed by atoms with Gasteiger partial charge in [0.25, 0.3) is 0 Å². The molecule has 1 saturated heterocycles. The number of rotatable bonds is 5. The van der Waals surface area contributed by atoms with Gasteiger partial charge in [-0.2, -0.15) is 0 Å². The lowest BCUT2D eigenvalue weighted by Gasteiger charge is -2.16. The molecule has 1 aromatic rings. The van der Waals surface area contributed by atoms with Gasteiger partial charge in [-0.1, -0.05) is 37.6 Å². The zero-order valence-corrected chi connectivity index (χ0v) is 11.0. The number of likely N-dealkylation sites (tertiary alicyclic amines) is 1. The highest BCUT2D eigenvalue weighted by molar-refractivity contribution is 6.58. The minimum atomic E-state index is -1.36. The summed E-state index contributed by atoms with van der Waals surface area (Å²) in [5, 5.41) is 18.1. The maximum atomic E-state index is 9.04. The molecule has 98 valence electrons. The lowest BCUT2D eigenvalue weighted by Crippen LogP contribution is -2.29. The third-order valence-corrected chi connectivity index (χ3v) is 3.75. The lowest BCUT2D eigenvalue weighted by molar-refractivity contribution is 0.313. The highest BCUT2D eigenvalue weighted by Crippen LogP contribution is 2.22. The Morgan fingerprint density at radius 1 is 1.28 bits per heavy atom. The summed E-state index contributed by atoms with van der Waals surface area (Å²) in [5.74, 6) is 0.869. The van der Waals surface area contributed by atoms with Crippen LogP contribution in [0, 0.1) is 5.92 Å². The molecule has 1 aliphatic heterocycles. The van der Waals surface area contributed by atoms with E-state index in [0.717, 1.165) is 12.5 Å². The molecule has 0 amide bonds. The van der Waals surface area contributed by atoms with Crippen molar-refractivity contribution in [3.63, 3.8) is 0 Å². The standard InChI is InChI=1S/C14H22BNO2/c1-2-3-12-8-9-16(10-12)11-13-4-6-14(7-5-13)15(17)18/h4-7,12,17-18H,2-3,8-11H2,1H3. The van der Waals surface area contributed by atoms with Crippen molar-refractivity contribution in [3.05, 3.63) is 29.8 Å². The van der Waals surface area contributed by atoms with E-state index in [9.17, 15) is 0 Å². The second-order valence-corrected chi connectivity index (χ2v) is 5.29. The van der Waals surface area contributed by atoms with E-state index in [2.05, 4.69) is 11.8 Å². The molecule has 1 aromatic carbocycles. The molecule has 1 unspecified atom stereocenters. The molecule has 2 N–H and O–H groups in total. The molecule has 0 aromatic heterocycles. The van der Waals surface area contributed by atoms with Crippen LogP contribution in [0.4, 0.5) is 0 Å². The van der Waals surface area contributed by atoms with Gasteiger partial charge in [-0.3, -0.25) is 4.90 Å². The van der Waals surface area contributed by atoms with Crippen molar-refractivity contribution in [1.82, 2.24) is 4.90 Å². The van der Waals surface area contributed by atoms with E-state index in [1.165, 1.54) is 37.9 Å². The van der Waals surface area contributed by atoms with Crippen LogP contribution in [0.15, 0.2) is 24.3 Å². The molecule has 0 spiro atoms. The van der Waals surface area contributed by atoms with Crippen LogP contribution in [0.1, 0.15) is 31.7 Å². The first-order chi connectivity index (χ1) is 8.69. The zero-order chi connectivity index (χ0) is 13.0. The lowest BCUT2D eigenvalue weighted by atomic mass is 9.80. The van der Waals surface area contributed by atoms with Crippen molar-refractivity contribution in [1.29, 1.82) is 0 Å². The predicted octanol–water partition coefficient (Wildman–Crippen LogP) is 0.988. The quantitative estimate of drug-likeness (QED) is 0.762. The summed E-state index contributed by atoms with van der Waals surface area (Å²) in [6, 6.07) is 7.56. The van der Waals surface area contributed by atoms with E-state index >= 15 is 0 Å². The van der Waals surface area contributed by atoms with Crippen LogP contribution < -0.4 is 5.46 Å². The van der Waals surface area contributed by atoms with E-state index in [0.29, 0.717) is 5.46 Å². The van der Waals surface area contributed by atoms with Crippen molar-refractivity contribution in [2.24, 2.45) is 5.92 Å². The minimum Gasteiger partial charge on any atom is -0.423 e. The van der Waals surface area contributed by atoms with Gasteiger partial charge in [0.15, 0.2) is 0 Å². The van der Waals surface area contributed by atoms with Gasteiger partial charge in [-0.15, -0.1) is 0 Å². The van der Waals surface area contributed by atoms with Gasteiger partial charge in [-0.05, 0) is 36.3 Å². The summed E-state index contributed by atoms with van der Waals surface area (Å²) in [5.41, 5.74) is 1.81. The Bertz CT molecular complexity index is 367. The molecule has 0 saturated carbocycles. The third kappa shape index (κ3) is 3.58. The van der Waals surface area contributed by atoms with E-state index < -0.39 is 7.12 Å². The predicted molar refractivity (Wildman–Crippen MR) is 74.6 cm³/mol. The fourth-order valence-corrected chi connectivity index (χ4v) is 2.75. The second kappa shape index (κ2) is 6.37.